The highest BCUT2D eigenvalue weighted by Crippen LogP contribution is 2.45. The van der Waals surface area contributed by atoms with Crippen molar-refractivity contribution in [1.82, 2.24) is 24.1 Å². The number of aromatic nitrogens is 5. The fourth-order valence-electron chi connectivity index (χ4n) is 9.54. The molecule has 0 saturated carbocycles. The maximum Gasteiger partial charge on any atom is 0.164 e. The molecule has 13 aromatic rings. The number of fused-ring (bicyclic) bond motifs is 10. The molecule has 0 aliphatic rings. The summed E-state index contributed by atoms with van der Waals surface area (Å²) < 4.78 is 11.6. The van der Waals surface area contributed by atoms with Crippen molar-refractivity contribution < 1.29 is 4.42 Å². The molecular weight excluding hydrogens is 771 g/mol. The van der Waals surface area contributed by atoms with Gasteiger partial charge in [0, 0.05) is 43.9 Å². The highest BCUT2D eigenvalue weighted by Gasteiger charge is 2.24. The minimum absolute atomic E-state index is 0.609. The molecule has 0 fully saturated rings. The minimum atomic E-state index is 0.609. The van der Waals surface area contributed by atoms with E-state index >= 15 is 0 Å². The second-order valence-electron chi connectivity index (χ2n) is 16.0. The first-order valence-corrected chi connectivity index (χ1v) is 21.2. The third kappa shape index (κ3) is 5.55. The lowest BCUT2D eigenvalue weighted by molar-refractivity contribution is 0.669. The lowest BCUT2D eigenvalue weighted by atomic mass is 10.0. The maximum absolute atomic E-state index is 6.84. The van der Waals surface area contributed by atoms with Crippen molar-refractivity contribution >= 4 is 65.6 Å². The molecule has 0 aliphatic carbocycles. The Morgan fingerprint density at radius 2 is 0.873 bits per heavy atom. The molecule has 0 N–H and O–H groups in total. The summed E-state index contributed by atoms with van der Waals surface area (Å²) >= 11 is 0. The Morgan fingerprint density at radius 1 is 0.317 bits per heavy atom. The first-order valence-electron chi connectivity index (χ1n) is 21.2. The fraction of sp³-hybridized carbons (Fsp3) is 0. The molecule has 63 heavy (non-hydrogen) atoms. The van der Waals surface area contributed by atoms with Gasteiger partial charge in [-0.2, -0.15) is 0 Å². The summed E-state index contributed by atoms with van der Waals surface area (Å²) in [7, 11) is 0. The fourth-order valence-corrected chi connectivity index (χ4v) is 9.54. The topological polar surface area (TPSA) is 61.7 Å². The van der Waals surface area contributed by atoms with E-state index in [9.17, 15) is 0 Å². The Morgan fingerprint density at radius 3 is 1.59 bits per heavy atom. The van der Waals surface area contributed by atoms with Crippen LogP contribution in [0.4, 0.5) is 0 Å². The molecule has 6 heteroatoms. The summed E-state index contributed by atoms with van der Waals surface area (Å²) in [6.45, 7) is 0. The number of rotatable bonds is 6. The molecule has 0 atom stereocenters. The predicted molar refractivity (Wildman–Crippen MR) is 258 cm³/mol. The van der Waals surface area contributed by atoms with E-state index < -0.39 is 0 Å². The average molecular weight is 806 g/mol. The largest absolute Gasteiger partial charge is 0.456 e. The normalized spacial score (nSPS) is 11.8. The van der Waals surface area contributed by atoms with Gasteiger partial charge in [0.2, 0.25) is 0 Å². The number of furan rings is 1. The quantitative estimate of drug-likeness (QED) is 0.168. The smallest absolute Gasteiger partial charge is 0.164 e. The monoisotopic (exact) mass is 805 g/mol. The lowest BCUT2D eigenvalue weighted by Crippen LogP contribution is -2.00. The summed E-state index contributed by atoms with van der Waals surface area (Å²) in [6, 6.07) is 74.4. The molecule has 9 aromatic carbocycles. The predicted octanol–water partition coefficient (Wildman–Crippen LogP) is 14.6. The van der Waals surface area contributed by atoms with E-state index in [-0.39, 0.29) is 0 Å². The van der Waals surface area contributed by atoms with Gasteiger partial charge >= 0.3 is 0 Å². The Hall–Kier alpha value is -8.61. The van der Waals surface area contributed by atoms with Crippen LogP contribution in [0.3, 0.4) is 0 Å². The zero-order valence-electron chi connectivity index (χ0n) is 33.9. The van der Waals surface area contributed by atoms with Gasteiger partial charge < -0.3 is 13.6 Å². The van der Waals surface area contributed by atoms with Gasteiger partial charge in [-0.05, 0) is 71.8 Å². The van der Waals surface area contributed by atoms with E-state index in [0.29, 0.717) is 17.5 Å². The molecule has 4 aromatic heterocycles. The summed E-state index contributed by atoms with van der Waals surface area (Å²) in [6.07, 6.45) is 0. The summed E-state index contributed by atoms with van der Waals surface area (Å²) in [5.41, 5.74) is 13.3. The number of hydrogen-bond acceptors (Lipinski definition) is 4. The van der Waals surface area contributed by atoms with Crippen molar-refractivity contribution in [3.05, 3.63) is 212 Å². The molecule has 0 saturated heterocycles. The van der Waals surface area contributed by atoms with Gasteiger partial charge in [-0.15, -0.1) is 0 Å². The molecule has 4 heterocycles. The Kier molecular flexibility index (Phi) is 7.80. The van der Waals surface area contributed by atoms with Crippen molar-refractivity contribution in [3.8, 4) is 56.7 Å². The Bertz CT molecular complexity index is 3830. The van der Waals surface area contributed by atoms with E-state index in [1.165, 1.54) is 21.9 Å². The molecule has 6 nitrogen and oxygen atoms in total. The molecule has 0 spiro atoms. The number of nitrogens with zero attached hydrogens (tertiary/aromatic N) is 5. The van der Waals surface area contributed by atoms with Crippen LogP contribution in [0.15, 0.2) is 217 Å². The molecular formula is C57H35N5O. The van der Waals surface area contributed by atoms with Gasteiger partial charge in [-0.25, -0.2) is 15.0 Å². The van der Waals surface area contributed by atoms with Crippen molar-refractivity contribution in [2.24, 2.45) is 0 Å². The second-order valence-corrected chi connectivity index (χ2v) is 16.0. The Labute approximate surface area is 361 Å². The molecule has 13 rings (SSSR count). The highest BCUT2D eigenvalue weighted by atomic mass is 16.3. The Balaban J connectivity index is 1.10. The van der Waals surface area contributed by atoms with E-state index in [4.69, 9.17) is 19.4 Å². The van der Waals surface area contributed by atoms with Crippen LogP contribution in [0.5, 0.6) is 0 Å². The minimum Gasteiger partial charge on any atom is -0.456 e. The average Bonchev–Trinajstić information content (AvgIpc) is 4.02. The number of benzene rings is 9. The van der Waals surface area contributed by atoms with E-state index in [0.717, 1.165) is 82.8 Å². The van der Waals surface area contributed by atoms with Crippen LogP contribution >= 0.6 is 0 Å². The van der Waals surface area contributed by atoms with Crippen LogP contribution in [0.1, 0.15) is 0 Å². The van der Waals surface area contributed by atoms with Gasteiger partial charge in [0.05, 0.1) is 38.5 Å². The molecule has 294 valence electrons. The van der Waals surface area contributed by atoms with Crippen LogP contribution in [0, 0.1) is 0 Å². The lowest BCUT2D eigenvalue weighted by Gasteiger charge is -2.12. The van der Waals surface area contributed by atoms with Gasteiger partial charge in [0.25, 0.3) is 0 Å². The maximum atomic E-state index is 6.84. The highest BCUT2D eigenvalue weighted by molar-refractivity contribution is 6.27. The molecule has 0 unspecified atom stereocenters. The third-order valence-electron chi connectivity index (χ3n) is 12.4. The van der Waals surface area contributed by atoms with Crippen molar-refractivity contribution in [2.45, 2.75) is 0 Å². The summed E-state index contributed by atoms with van der Waals surface area (Å²) in [4.78, 5) is 15.2. The van der Waals surface area contributed by atoms with Crippen molar-refractivity contribution in [2.75, 3.05) is 0 Å². The molecule has 0 aliphatic heterocycles. The summed E-state index contributed by atoms with van der Waals surface area (Å²) in [5.74, 6) is 1.87. The second kappa shape index (κ2) is 14.0. The van der Waals surface area contributed by atoms with Gasteiger partial charge in [-0.3, -0.25) is 0 Å². The SMILES string of the molecule is c1ccc(-c2ccc3c(c2)c2ccccc2n3-c2cccc3oc4ccc5c6ccc(-c7nc(-c8ccccc8)nc(-c8ccccc8)n7)cc6n(-c6ccccc6)c5c4c23)cc1. The van der Waals surface area contributed by atoms with Crippen LogP contribution in [-0.4, -0.2) is 24.1 Å². The number of para-hydroxylation sites is 2. The first kappa shape index (κ1) is 35.2. The molecule has 0 bridgehead atoms. The standard InChI is InChI=1S/C57H35N5O/c1-5-16-36(17-6-1)39-29-32-47-45(34-39)42-24-13-14-25-46(42)62(47)48-26-15-27-50-52(48)53-51(63-50)33-31-44-43-30-28-40(35-49(43)61(54(44)53)41-22-11-4-12-23-41)57-59-55(37-18-7-2-8-19-37)58-56(60-57)38-20-9-3-10-21-38/h1-35H. The van der Waals surface area contributed by atoms with Crippen LogP contribution < -0.4 is 0 Å². The van der Waals surface area contributed by atoms with Gasteiger partial charge in [0.1, 0.15) is 11.2 Å². The number of hydrogen-bond donors (Lipinski definition) is 0. The zero-order chi connectivity index (χ0) is 41.4. The first-order chi connectivity index (χ1) is 31.2. The van der Waals surface area contributed by atoms with E-state index in [2.05, 4.69) is 161 Å². The zero-order valence-corrected chi connectivity index (χ0v) is 33.9. The molecule has 0 radical (unpaired) electrons. The van der Waals surface area contributed by atoms with Crippen LogP contribution in [0.2, 0.25) is 0 Å². The molecule has 0 amide bonds. The van der Waals surface area contributed by atoms with Gasteiger partial charge in [-0.1, -0.05) is 152 Å². The van der Waals surface area contributed by atoms with Crippen LogP contribution in [0.25, 0.3) is 122 Å². The van der Waals surface area contributed by atoms with Crippen molar-refractivity contribution in [1.29, 1.82) is 0 Å². The van der Waals surface area contributed by atoms with Crippen LogP contribution in [-0.2, 0) is 0 Å². The summed E-state index contributed by atoms with van der Waals surface area (Å²) in [5, 5.41) is 6.78. The van der Waals surface area contributed by atoms with Gasteiger partial charge in [0.15, 0.2) is 17.5 Å². The van der Waals surface area contributed by atoms with E-state index in [1.807, 2.05) is 60.7 Å². The van der Waals surface area contributed by atoms with Crippen molar-refractivity contribution in [3.63, 3.8) is 0 Å². The van der Waals surface area contributed by atoms with E-state index in [1.54, 1.807) is 0 Å². The third-order valence-corrected chi connectivity index (χ3v) is 12.4.